The van der Waals surface area contributed by atoms with E-state index in [9.17, 15) is 8.42 Å². The Kier molecular flexibility index (Phi) is 4.89. The molecular formula is C20H17ClN4O3S. The second-order valence-corrected chi connectivity index (χ2v) is 8.62. The number of rotatable bonds is 5. The van der Waals surface area contributed by atoms with E-state index in [4.69, 9.17) is 16.1 Å². The fraction of sp³-hybridized carbons (Fsp3) is 0.100. The van der Waals surface area contributed by atoms with Gasteiger partial charge in [0.25, 0.3) is 10.0 Å². The first-order valence-electron chi connectivity index (χ1n) is 8.70. The molecule has 0 aliphatic carbocycles. The predicted molar refractivity (Wildman–Crippen MR) is 113 cm³/mol. The summed E-state index contributed by atoms with van der Waals surface area (Å²) < 4.78 is 32.7. The van der Waals surface area contributed by atoms with E-state index in [0.717, 1.165) is 22.3 Å². The topological polar surface area (TPSA) is 97.1 Å². The third kappa shape index (κ3) is 3.90. The lowest BCUT2D eigenvalue weighted by atomic mass is 10.2. The van der Waals surface area contributed by atoms with Crippen LogP contribution in [0.1, 0.15) is 11.3 Å². The van der Waals surface area contributed by atoms with Crippen LogP contribution in [0.15, 0.2) is 64.1 Å². The summed E-state index contributed by atoms with van der Waals surface area (Å²) in [5.74, 6) is 0.117. The number of pyridine rings is 1. The van der Waals surface area contributed by atoms with Crippen LogP contribution in [-0.4, -0.2) is 18.6 Å². The van der Waals surface area contributed by atoms with Gasteiger partial charge in [-0.05, 0) is 62.4 Å². The van der Waals surface area contributed by atoms with Gasteiger partial charge in [-0.15, -0.1) is 0 Å². The molecule has 0 unspecified atom stereocenters. The Morgan fingerprint density at radius 1 is 1.03 bits per heavy atom. The Labute approximate surface area is 172 Å². The summed E-state index contributed by atoms with van der Waals surface area (Å²) in [7, 11) is -3.79. The highest BCUT2D eigenvalue weighted by molar-refractivity contribution is 7.92. The average molecular weight is 429 g/mol. The summed E-state index contributed by atoms with van der Waals surface area (Å²) in [6.07, 6.45) is 1.69. The number of hydrogen-bond acceptors (Lipinski definition) is 6. The zero-order valence-corrected chi connectivity index (χ0v) is 17.2. The molecule has 0 aliphatic rings. The molecule has 2 N–H and O–H groups in total. The van der Waals surface area contributed by atoms with Gasteiger partial charge in [0.2, 0.25) is 5.88 Å². The minimum absolute atomic E-state index is 0.114. The van der Waals surface area contributed by atoms with Crippen molar-refractivity contribution in [2.75, 3.05) is 10.0 Å². The van der Waals surface area contributed by atoms with Crippen molar-refractivity contribution in [2.45, 2.75) is 18.7 Å². The van der Waals surface area contributed by atoms with Crippen molar-refractivity contribution in [3.05, 3.63) is 71.0 Å². The maximum Gasteiger partial charge on any atom is 0.264 e. The van der Waals surface area contributed by atoms with Gasteiger partial charge in [0.05, 0.1) is 16.1 Å². The van der Waals surface area contributed by atoms with Crippen LogP contribution in [0.4, 0.5) is 17.3 Å². The minimum atomic E-state index is -3.79. The van der Waals surface area contributed by atoms with Gasteiger partial charge in [0.1, 0.15) is 0 Å². The number of hydrogen-bond donors (Lipinski definition) is 2. The number of nitrogens with zero attached hydrogens (tertiary/aromatic N) is 2. The number of aromatic nitrogens is 2. The molecule has 148 valence electrons. The third-order valence-corrected chi connectivity index (χ3v) is 6.11. The van der Waals surface area contributed by atoms with E-state index in [2.05, 4.69) is 20.2 Å². The van der Waals surface area contributed by atoms with Crippen LogP contribution >= 0.6 is 11.6 Å². The Morgan fingerprint density at radius 3 is 2.48 bits per heavy atom. The van der Waals surface area contributed by atoms with Crippen LogP contribution in [0.25, 0.3) is 10.9 Å². The van der Waals surface area contributed by atoms with Gasteiger partial charge in [-0.3, -0.25) is 4.98 Å². The van der Waals surface area contributed by atoms with Crippen molar-refractivity contribution in [1.82, 2.24) is 10.1 Å². The molecule has 2 heterocycles. The van der Waals surface area contributed by atoms with E-state index in [0.29, 0.717) is 16.3 Å². The second kappa shape index (κ2) is 7.38. The molecule has 2 aromatic carbocycles. The number of aryl methyl sites for hydroxylation is 1. The molecule has 2 aromatic heterocycles. The van der Waals surface area contributed by atoms with Crippen molar-refractivity contribution < 1.29 is 12.9 Å². The number of anilines is 3. The highest BCUT2D eigenvalue weighted by atomic mass is 35.5. The van der Waals surface area contributed by atoms with Gasteiger partial charge < -0.3 is 9.84 Å². The lowest BCUT2D eigenvalue weighted by Crippen LogP contribution is -2.13. The zero-order valence-electron chi connectivity index (χ0n) is 15.6. The summed E-state index contributed by atoms with van der Waals surface area (Å²) in [6.45, 7) is 3.48. The molecule has 0 saturated heterocycles. The van der Waals surface area contributed by atoms with E-state index < -0.39 is 10.0 Å². The fourth-order valence-corrected chi connectivity index (χ4v) is 4.01. The van der Waals surface area contributed by atoms with Crippen LogP contribution in [0.5, 0.6) is 0 Å². The van der Waals surface area contributed by atoms with Crippen molar-refractivity contribution >= 4 is 49.8 Å². The predicted octanol–water partition coefficient (Wildman–Crippen LogP) is 5.04. The SMILES string of the molecule is Cc1noc(NS(=O)(=O)c2ccc(Nc3ccnc4cc(Cl)ccc34)cc2)c1C. The molecule has 4 rings (SSSR count). The molecule has 0 spiro atoms. The highest BCUT2D eigenvalue weighted by Gasteiger charge is 2.19. The van der Waals surface area contributed by atoms with Gasteiger partial charge >= 0.3 is 0 Å². The van der Waals surface area contributed by atoms with E-state index >= 15 is 0 Å². The molecule has 7 nitrogen and oxygen atoms in total. The molecule has 4 aromatic rings. The first-order chi connectivity index (χ1) is 13.8. The molecule has 0 fully saturated rings. The molecule has 0 amide bonds. The van der Waals surface area contributed by atoms with Crippen LogP contribution in [0, 0.1) is 13.8 Å². The van der Waals surface area contributed by atoms with Crippen molar-refractivity contribution in [1.29, 1.82) is 0 Å². The molecule has 0 saturated carbocycles. The lowest BCUT2D eigenvalue weighted by Gasteiger charge is -2.11. The number of benzene rings is 2. The van der Waals surface area contributed by atoms with Crippen LogP contribution in [0.3, 0.4) is 0 Å². The fourth-order valence-electron chi connectivity index (χ4n) is 2.79. The van der Waals surface area contributed by atoms with Gasteiger partial charge in [-0.25, -0.2) is 13.1 Å². The van der Waals surface area contributed by atoms with E-state index in [1.54, 1.807) is 44.3 Å². The smallest absolute Gasteiger partial charge is 0.264 e. The number of fused-ring (bicyclic) bond motifs is 1. The quantitative estimate of drug-likeness (QED) is 0.462. The standard InChI is InChI=1S/C20H17ClN4O3S/c1-12-13(2)24-28-20(12)25-29(26,27)16-6-4-15(5-7-16)23-18-9-10-22-19-11-14(21)3-8-17(18)19/h3-11,25H,1-2H3,(H,22,23). The van der Waals surface area contributed by atoms with Crippen LogP contribution < -0.4 is 10.0 Å². The second-order valence-electron chi connectivity index (χ2n) is 6.50. The Morgan fingerprint density at radius 2 is 1.79 bits per heavy atom. The monoisotopic (exact) mass is 428 g/mol. The Hall–Kier alpha value is -3.10. The molecule has 0 atom stereocenters. The Balaban J connectivity index is 1.57. The summed E-state index contributed by atoms with van der Waals surface area (Å²) in [5, 5.41) is 8.56. The first kappa shape index (κ1) is 19.2. The molecule has 9 heteroatoms. The molecular weight excluding hydrogens is 412 g/mol. The summed E-state index contributed by atoms with van der Waals surface area (Å²) in [6, 6.07) is 13.7. The first-order valence-corrected chi connectivity index (χ1v) is 10.6. The van der Waals surface area contributed by atoms with Gasteiger partial charge in [0, 0.05) is 33.5 Å². The number of halogens is 1. The zero-order chi connectivity index (χ0) is 20.6. The highest BCUT2D eigenvalue weighted by Crippen LogP contribution is 2.28. The van der Waals surface area contributed by atoms with Gasteiger partial charge in [-0.1, -0.05) is 16.8 Å². The summed E-state index contributed by atoms with van der Waals surface area (Å²) in [4.78, 5) is 4.43. The Bertz CT molecular complexity index is 1300. The normalized spacial score (nSPS) is 11.6. The van der Waals surface area contributed by atoms with E-state index in [-0.39, 0.29) is 10.8 Å². The third-order valence-electron chi connectivity index (χ3n) is 4.53. The summed E-state index contributed by atoms with van der Waals surface area (Å²) in [5.41, 5.74) is 3.62. The molecule has 0 radical (unpaired) electrons. The van der Waals surface area contributed by atoms with Crippen molar-refractivity contribution in [3.8, 4) is 0 Å². The maximum atomic E-state index is 12.6. The molecule has 0 bridgehead atoms. The van der Waals surface area contributed by atoms with Crippen LogP contribution in [-0.2, 0) is 10.0 Å². The average Bonchev–Trinajstić information content (AvgIpc) is 3.00. The molecule has 0 aliphatic heterocycles. The molecule has 29 heavy (non-hydrogen) atoms. The summed E-state index contributed by atoms with van der Waals surface area (Å²) >= 11 is 6.03. The lowest BCUT2D eigenvalue weighted by molar-refractivity contribution is 0.430. The number of sulfonamides is 1. The van der Waals surface area contributed by atoms with Gasteiger partial charge in [0.15, 0.2) is 0 Å². The largest absolute Gasteiger partial charge is 0.355 e. The van der Waals surface area contributed by atoms with E-state index in [1.165, 1.54) is 12.1 Å². The maximum absolute atomic E-state index is 12.6. The van der Waals surface area contributed by atoms with Crippen molar-refractivity contribution in [3.63, 3.8) is 0 Å². The van der Waals surface area contributed by atoms with Crippen molar-refractivity contribution in [2.24, 2.45) is 0 Å². The van der Waals surface area contributed by atoms with Gasteiger partial charge in [-0.2, -0.15) is 0 Å². The van der Waals surface area contributed by atoms with Crippen LogP contribution in [0.2, 0.25) is 5.02 Å². The number of nitrogens with one attached hydrogen (secondary N) is 2. The minimum Gasteiger partial charge on any atom is -0.355 e. The van der Waals surface area contributed by atoms with E-state index in [1.807, 2.05) is 12.1 Å².